The maximum atomic E-state index is 5.94. The molecule has 0 bridgehead atoms. The number of hydrogen-bond acceptors (Lipinski definition) is 3. The van der Waals surface area contributed by atoms with E-state index < -0.39 is 0 Å². The van der Waals surface area contributed by atoms with Gasteiger partial charge < -0.3 is 10.1 Å². The summed E-state index contributed by atoms with van der Waals surface area (Å²) in [6.45, 7) is 6.30. The van der Waals surface area contributed by atoms with Gasteiger partial charge in [0.2, 0.25) is 0 Å². The second-order valence-electron chi connectivity index (χ2n) is 8.60. The van der Waals surface area contributed by atoms with Crippen LogP contribution in [0.4, 0.5) is 0 Å². The van der Waals surface area contributed by atoms with Crippen molar-refractivity contribution in [2.75, 3.05) is 13.2 Å². The zero-order valence-electron chi connectivity index (χ0n) is 19.1. The standard InChI is InChI=1S/C26H44N2O/c1-3-4-5-6-7-8-9-10-11-15-22-29-25-19-17-24(18-20-25)23(2)28-26-16-13-12-14-21-27-26/h17-20,23H,3-16,21-22H2,1-2H3,(H,27,28). The van der Waals surface area contributed by atoms with E-state index in [4.69, 9.17) is 4.74 Å². The van der Waals surface area contributed by atoms with Gasteiger partial charge in [0.15, 0.2) is 0 Å². The lowest BCUT2D eigenvalue weighted by atomic mass is 10.1. The van der Waals surface area contributed by atoms with E-state index in [2.05, 4.69) is 48.4 Å². The highest BCUT2D eigenvalue weighted by molar-refractivity contribution is 5.82. The molecule has 0 aromatic heterocycles. The van der Waals surface area contributed by atoms with Crippen molar-refractivity contribution in [2.45, 2.75) is 110 Å². The van der Waals surface area contributed by atoms with Crippen LogP contribution in [0.5, 0.6) is 5.75 Å². The van der Waals surface area contributed by atoms with Crippen LogP contribution in [0.2, 0.25) is 0 Å². The molecule has 1 unspecified atom stereocenters. The number of aliphatic imine (C=N–C) groups is 1. The molecular weight excluding hydrogens is 356 g/mol. The van der Waals surface area contributed by atoms with E-state index in [9.17, 15) is 0 Å². The zero-order valence-corrected chi connectivity index (χ0v) is 19.1. The fourth-order valence-electron chi connectivity index (χ4n) is 3.96. The Balaban J connectivity index is 1.54. The molecule has 0 amide bonds. The summed E-state index contributed by atoms with van der Waals surface area (Å²) in [5, 5.41) is 3.59. The number of hydrogen-bond donors (Lipinski definition) is 1. The monoisotopic (exact) mass is 400 g/mol. The second kappa shape index (κ2) is 15.3. The number of nitrogens with one attached hydrogen (secondary N) is 1. The number of amidine groups is 1. The van der Waals surface area contributed by atoms with Gasteiger partial charge in [-0.3, -0.25) is 4.99 Å². The quantitative estimate of drug-likeness (QED) is 0.326. The molecule has 29 heavy (non-hydrogen) atoms. The van der Waals surface area contributed by atoms with Gasteiger partial charge in [-0.1, -0.05) is 83.3 Å². The van der Waals surface area contributed by atoms with Crippen LogP contribution in [0.3, 0.4) is 0 Å². The van der Waals surface area contributed by atoms with E-state index in [1.54, 1.807) is 0 Å². The summed E-state index contributed by atoms with van der Waals surface area (Å²) < 4.78 is 5.94. The van der Waals surface area contributed by atoms with Crippen molar-refractivity contribution < 1.29 is 4.74 Å². The fourth-order valence-corrected chi connectivity index (χ4v) is 3.96. The van der Waals surface area contributed by atoms with Crippen LogP contribution in [0, 0.1) is 0 Å². The third-order valence-corrected chi connectivity index (χ3v) is 5.90. The SMILES string of the molecule is CCCCCCCCCCCCOc1ccc(C(C)NC2=NCCCCC2)cc1. The molecule has 1 aliphatic rings. The van der Waals surface area contributed by atoms with Gasteiger partial charge in [-0.15, -0.1) is 0 Å². The molecule has 0 spiro atoms. The average Bonchev–Trinajstić information content (AvgIpc) is 3.01. The summed E-state index contributed by atoms with van der Waals surface area (Å²) >= 11 is 0. The highest BCUT2D eigenvalue weighted by Crippen LogP contribution is 2.19. The third-order valence-electron chi connectivity index (χ3n) is 5.90. The Morgan fingerprint density at radius 1 is 0.862 bits per heavy atom. The Hall–Kier alpha value is -1.51. The highest BCUT2D eigenvalue weighted by atomic mass is 16.5. The second-order valence-corrected chi connectivity index (χ2v) is 8.60. The van der Waals surface area contributed by atoms with Crippen LogP contribution < -0.4 is 10.1 Å². The summed E-state index contributed by atoms with van der Waals surface area (Å²) in [5.74, 6) is 2.17. The molecule has 2 rings (SSSR count). The molecule has 164 valence electrons. The normalized spacial score (nSPS) is 15.4. The molecular formula is C26H44N2O. The van der Waals surface area contributed by atoms with Crippen molar-refractivity contribution in [1.29, 1.82) is 0 Å². The molecule has 3 heteroatoms. The Bertz CT molecular complexity index is 552. The predicted octanol–water partition coefficient (Wildman–Crippen LogP) is 7.61. The van der Waals surface area contributed by atoms with Crippen LogP contribution in [0.1, 0.15) is 115 Å². The van der Waals surface area contributed by atoms with Gasteiger partial charge in [-0.25, -0.2) is 0 Å². The maximum Gasteiger partial charge on any atom is 0.119 e. The van der Waals surface area contributed by atoms with Crippen molar-refractivity contribution in [3.05, 3.63) is 29.8 Å². The Kier molecular flexibility index (Phi) is 12.6. The first-order valence-corrected chi connectivity index (χ1v) is 12.3. The maximum absolute atomic E-state index is 5.94. The summed E-state index contributed by atoms with van der Waals surface area (Å²) in [6, 6.07) is 8.88. The predicted molar refractivity (Wildman–Crippen MR) is 126 cm³/mol. The van der Waals surface area contributed by atoms with Gasteiger partial charge >= 0.3 is 0 Å². The van der Waals surface area contributed by atoms with E-state index in [-0.39, 0.29) is 0 Å². The summed E-state index contributed by atoms with van der Waals surface area (Å²) in [6.07, 6.45) is 18.5. The number of unbranched alkanes of at least 4 members (excludes halogenated alkanes) is 9. The van der Waals surface area contributed by atoms with Gasteiger partial charge in [-0.05, 0) is 43.9 Å². The number of benzene rings is 1. The number of rotatable bonds is 14. The minimum absolute atomic E-state index is 0.294. The van der Waals surface area contributed by atoms with Crippen molar-refractivity contribution in [3.63, 3.8) is 0 Å². The van der Waals surface area contributed by atoms with Crippen molar-refractivity contribution in [1.82, 2.24) is 5.32 Å². The molecule has 1 heterocycles. The molecule has 0 radical (unpaired) electrons. The van der Waals surface area contributed by atoms with Gasteiger partial charge in [0.05, 0.1) is 12.4 Å². The Morgan fingerprint density at radius 3 is 2.21 bits per heavy atom. The largest absolute Gasteiger partial charge is 0.494 e. The van der Waals surface area contributed by atoms with E-state index in [1.165, 1.54) is 88.4 Å². The van der Waals surface area contributed by atoms with Crippen molar-refractivity contribution >= 4 is 5.84 Å². The summed E-state index contributed by atoms with van der Waals surface area (Å²) in [4.78, 5) is 4.68. The topological polar surface area (TPSA) is 33.6 Å². The van der Waals surface area contributed by atoms with Crippen LogP contribution in [0.15, 0.2) is 29.3 Å². The van der Waals surface area contributed by atoms with Gasteiger partial charge in [-0.2, -0.15) is 0 Å². The van der Waals surface area contributed by atoms with Crippen molar-refractivity contribution in [3.8, 4) is 5.75 Å². The minimum Gasteiger partial charge on any atom is -0.494 e. The smallest absolute Gasteiger partial charge is 0.119 e. The van der Waals surface area contributed by atoms with Crippen molar-refractivity contribution in [2.24, 2.45) is 4.99 Å². The Labute approximate surface area is 179 Å². The molecule has 1 aromatic carbocycles. The molecule has 0 aliphatic carbocycles. The van der Waals surface area contributed by atoms with Gasteiger partial charge in [0.25, 0.3) is 0 Å². The van der Waals surface area contributed by atoms with Crippen LogP contribution in [-0.4, -0.2) is 19.0 Å². The van der Waals surface area contributed by atoms with Gasteiger partial charge in [0.1, 0.15) is 5.75 Å². The first-order chi connectivity index (χ1) is 14.3. The molecule has 1 N–H and O–H groups in total. The highest BCUT2D eigenvalue weighted by Gasteiger charge is 2.10. The van der Waals surface area contributed by atoms with Crippen LogP contribution in [-0.2, 0) is 0 Å². The minimum atomic E-state index is 0.294. The number of nitrogens with zero attached hydrogens (tertiary/aromatic N) is 1. The molecule has 1 atom stereocenters. The first kappa shape index (κ1) is 23.8. The number of ether oxygens (including phenoxy) is 1. The molecule has 0 fully saturated rings. The molecule has 1 aliphatic heterocycles. The van der Waals surface area contributed by atoms with E-state index in [0.717, 1.165) is 31.7 Å². The lowest BCUT2D eigenvalue weighted by Crippen LogP contribution is -2.26. The van der Waals surface area contributed by atoms with Crippen LogP contribution in [0.25, 0.3) is 0 Å². The van der Waals surface area contributed by atoms with Gasteiger partial charge in [0, 0.05) is 19.0 Å². The average molecular weight is 401 g/mol. The lowest BCUT2D eigenvalue weighted by molar-refractivity contribution is 0.304. The lowest BCUT2D eigenvalue weighted by Gasteiger charge is -2.17. The third kappa shape index (κ3) is 10.7. The van der Waals surface area contributed by atoms with E-state index in [1.807, 2.05) is 0 Å². The van der Waals surface area contributed by atoms with Crippen LogP contribution >= 0.6 is 0 Å². The summed E-state index contributed by atoms with van der Waals surface area (Å²) in [7, 11) is 0. The first-order valence-electron chi connectivity index (χ1n) is 12.3. The molecule has 0 saturated carbocycles. The molecule has 1 aromatic rings. The zero-order chi connectivity index (χ0) is 20.6. The molecule has 0 saturated heterocycles. The Morgan fingerprint density at radius 2 is 1.52 bits per heavy atom. The summed E-state index contributed by atoms with van der Waals surface area (Å²) in [5.41, 5.74) is 1.29. The van der Waals surface area contributed by atoms with E-state index in [0.29, 0.717) is 6.04 Å². The van der Waals surface area contributed by atoms with E-state index >= 15 is 0 Å². The fraction of sp³-hybridized carbons (Fsp3) is 0.731. The molecule has 3 nitrogen and oxygen atoms in total.